The van der Waals surface area contributed by atoms with Crippen LogP contribution in [0.25, 0.3) is 0 Å². The van der Waals surface area contributed by atoms with E-state index in [9.17, 15) is 4.79 Å². The van der Waals surface area contributed by atoms with Crippen molar-refractivity contribution in [2.75, 3.05) is 0 Å². The lowest BCUT2D eigenvalue weighted by Crippen LogP contribution is -1.98. The molecule has 0 radical (unpaired) electrons. The monoisotopic (exact) mass is 364 g/mol. The molecule has 0 aliphatic carbocycles. The lowest BCUT2D eigenvalue weighted by Gasteiger charge is -2.09. The molecule has 4 nitrogen and oxygen atoms in total. The van der Waals surface area contributed by atoms with Crippen LogP contribution in [0.3, 0.4) is 0 Å². The van der Waals surface area contributed by atoms with Gasteiger partial charge in [0.25, 0.3) is 0 Å². The molecule has 0 aliphatic heterocycles. The number of Topliss-reactive ketones (excluding diaryl/α,β-unsaturated/α-hetero) is 1. The largest absolute Gasteiger partial charge is 0.439 e. The molecule has 0 atom stereocenters. The Morgan fingerprint density at radius 3 is 2.42 bits per heavy atom. The number of ketones is 1. The van der Waals surface area contributed by atoms with E-state index >= 15 is 0 Å². The first-order valence-corrected chi connectivity index (χ1v) is 9.46. The van der Waals surface area contributed by atoms with Crippen LogP contribution in [0.4, 0.5) is 0 Å². The van der Waals surface area contributed by atoms with E-state index in [-0.39, 0.29) is 5.78 Å². The van der Waals surface area contributed by atoms with E-state index in [0.717, 1.165) is 17.9 Å². The van der Waals surface area contributed by atoms with Gasteiger partial charge in [-0.1, -0.05) is 49.0 Å². The lowest BCUT2D eigenvalue weighted by molar-refractivity contribution is 0.101. The first kappa shape index (κ1) is 18.1. The molecule has 3 aromatic rings. The zero-order valence-corrected chi connectivity index (χ0v) is 15.6. The summed E-state index contributed by atoms with van der Waals surface area (Å²) in [5, 5.41) is 0.698. The van der Waals surface area contributed by atoms with Gasteiger partial charge in [-0.15, -0.1) is 0 Å². The van der Waals surface area contributed by atoms with Gasteiger partial charge in [-0.2, -0.15) is 4.98 Å². The number of carbonyl (C=O) groups excluding carboxylic acids is 1. The summed E-state index contributed by atoms with van der Waals surface area (Å²) in [5.74, 6) is 2.00. The summed E-state index contributed by atoms with van der Waals surface area (Å²) < 4.78 is 5.87. The van der Waals surface area contributed by atoms with Crippen LogP contribution >= 0.6 is 11.8 Å². The average Bonchev–Trinajstić information content (AvgIpc) is 2.67. The van der Waals surface area contributed by atoms with Gasteiger partial charge < -0.3 is 4.74 Å². The molecule has 0 saturated heterocycles. The fourth-order valence-electron chi connectivity index (χ4n) is 2.35. The molecule has 3 rings (SSSR count). The Bertz CT molecular complexity index is 880. The summed E-state index contributed by atoms with van der Waals surface area (Å²) >= 11 is 1.59. The summed E-state index contributed by atoms with van der Waals surface area (Å²) in [6.07, 6.45) is 0.807. The van der Waals surface area contributed by atoms with Gasteiger partial charge >= 0.3 is 0 Å². The third-order valence-corrected chi connectivity index (χ3v) is 4.71. The van der Waals surface area contributed by atoms with E-state index in [2.05, 4.69) is 29.0 Å². The molecule has 0 spiro atoms. The topological polar surface area (TPSA) is 52.1 Å². The van der Waals surface area contributed by atoms with Crippen LogP contribution in [0.5, 0.6) is 11.6 Å². The van der Waals surface area contributed by atoms with Gasteiger partial charge in [-0.25, -0.2) is 4.98 Å². The number of thioether (sulfide) groups is 1. The fourth-order valence-corrected chi connectivity index (χ4v) is 3.17. The number of aryl methyl sites for hydroxylation is 1. The number of benzene rings is 2. The summed E-state index contributed by atoms with van der Waals surface area (Å²) in [7, 11) is 0. The first-order valence-electron chi connectivity index (χ1n) is 8.47. The molecule has 26 heavy (non-hydrogen) atoms. The Labute approximate surface area is 157 Å². The second kappa shape index (κ2) is 8.63. The second-order valence-corrected chi connectivity index (χ2v) is 6.73. The number of carbonyl (C=O) groups is 1. The summed E-state index contributed by atoms with van der Waals surface area (Å²) in [4.78, 5) is 20.5. The molecule has 1 heterocycles. The van der Waals surface area contributed by atoms with E-state index in [0.29, 0.717) is 22.3 Å². The van der Waals surface area contributed by atoms with Gasteiger partial charge in [0.1, 0.15) is 5.75 Å². The van der Waals surface area contributed by atoms with Crippen molar-refractivity contribution in [2.24, 2.45) is 0 Å². The van der Waals surface area contributed by atoms with Gasteiger partial charge in [-0.3, -0.25) is 4.79 Å². The van der Waals surface area contributed by atoms with Crippen molar-refractivity contribution in [2.45, 2.75) is 31.2 Å². The van der Waals surface area contributed by atoms with Gasteiger partial charge in [-0.05, 0) is 43.2 Å². The zero-order chi connectivity index (χ0) is 18.4. The highest BCUT2D eigenvalue weighted by atomic mass is 32.2. The number of rotatable bonds is 7. The molecule has 0 fully saturated rings. The van der Waals surface area contributed by atoms with Crippen molar-refractivity contribution in [3.8, 4) is 11.6 Å². The predicted octanol–water partition coefficient (Wildman–Crippen LogP) is 5.33. The van der Waals surface area contributed by atoms with E-state index < -0.39 is 0 Å². The molecular formula is C21H20N2O2S. The SMILES string of the molecule is CCc1cc(Oc2ccc(C(C)=O)cc2)nc(SCc2ccccc2)n1. The molecule has 0 N–H and O–H groups in total. The molecule has 5 heteroatoms. The van der Waals surface area contributed by atoms with Gasteiger partial charge in [0, 0.05) is 23.1 Å². The molecule has 132 valence electrons. The van der Waals surface area contributed by atoms with Crippen LogP contribution in [0.1, 0.15) is 35.5 Å². The minimum absolute atomic E-state index is 0.0338. The van der Waals surface area contributed by atoms with Crippen molar-refractivity contribution in [3.05, 3.63) is 77.5 Å². The van der Waals surface area contributed by atoms with Crippen LogP contribution in [-0.2, 0) is 12.2 Å². The van der Waals surface area contributed by atoms with E-state index in [1.54, 1.807) is 43.0 Å². The summed E-state index contributed by atoms with van der Waals surface area (Å²) in [6.45, 7) is 3.60. The maximum Gasteiger partial charge on any atom is 0.223 e. The third-order valence-electron chi connectivity index (χ3n) is 3.79. The Hall–Kier alpha value is -2.66. The third kappa shape index (κ3) is 4.92. The highest BCUT2D eigenvalue weighted by Gasteiger charge is 2.08. The minimum atomic E-state index is 0.0338. The lowest BCUT2D eigenvalue weighted by atomic mass is 10.1. The highest BCUT2D eigenvalue weighted by Crippen LogP contribution is 2.25. The predicted molar refractivity (Wildman–Crippen MR) is 104 cm³/mol. The molecular weight excluding hydrogens is 344 g/mol. The van der Waals surface area contributed by atoms with Gasteiger partial charge in [0.2, 0.25) is 5.88 Å². The number of hydrogen-bond acceptors (Lipinski definition) is 5. The van der Waals surface area contributed by atoms with Crippen molar-refractivity contribution in [3.63, 3.8) is 0 Å². The number of aromatic nitrogens is 2. The summed E-state index contributed by atoms with van der Waals surface area (Å²) in [6, 6.07) is 19.2. The Morgan fingerprint density at radius 2 is 1.77 bits per heavy atom. The maximum atomic E-state index is 11.4. The standard InChI is InChI=1S/C21H20N2O2S/c1-3-18-13-20(25-19-11-9-17(10-12-19)15(2)24)23-21(22-18)26-14-16-7-5-4-6-8-16/h4-13H,3,14H2,1-2H3. The van der Waals surface area contributed by atoms with Crippen molar-refractivity contribution >= 4 is 17.5 Å². The highest BCUT2D eigenvalue weighted by molar-refractivity contribution is 7.98. The Morgan fingerprint density at radius 1 is 1.04 bits per heavy atom. The van der Waals surface area contributed by atoms with Crippen molar-refractivity contribution < 1.29 is 9.53 Å². The van der Waals surface area contributed by atoms with Crippen LogP contribution < -0.4 is 4.74 Å². The second-order valence-electron chi connectivity index (χ2n) is 5.79. The fraction of sp³-hybridized carbons (Fsp3) is 0.190. The summed E-state index contributed by atoms with van der Waals surface area (Å²) in [5.41, 5.74) is 2.82. The van der Waals surface area contributed by atoms with Crippen LogP contribution in [0.2, 0.25) is 0 Å². The average molecular weight is 364 g/mol. The van der Waals surface area contributed by atoms with E-state index in [1.165, 1.54) is 5.56 Å². The van der Waals surface area contributed by atoms with Crippen LogP contribution in [-0.4, -0.2) is 15.8 Å². The van der Waals surface area contributed by atoms with Crippen molar-refractivity contribution in [1.29, 1.82) is 0 Å². The Kier molecular flexibility index (Phi) is 6.02. The molecule has 0 saturated carbocycles. The van der Waals surface area contributed by atoms with E-state index in [1.807, 2.05) is 24.3 Å². The quantitative estimate of drug-likeness (QED) is 0.322. The minimum Gasteiger partial charge on any atom is -0.439 e. The smallest absolute Gasteiger partial charge is 0.223 e. The Balaban J connectivity index is 1.75. The molecule has 2 aromatic carbocycles. The van der Waals surface area contributed by atoms with Gasteiger partial charge in [0.05, 0.1) is 0 Å². The molecule has 0 amide bonds. The molecule has 0 unspecified atom stereocenters. The van der Waals surface area contributed by atoms with Crippen LogP contribution in [0, 0.1) is 0 Å². The van der Waals surface area contributed by atoms with E-state index in [4.69, 9.17) is 4.74 Å². The normalized spacial score (nSPS) is 10.5. The number of hydrogen-bond donors (Lipinski definition) is 0. The van der Waals surface area contributed by atoms with Gasteiger partial charge in [0.15, 0.2) is 10.9 Å². The number of nitrogens with zero attached hydrogens (tertiary/aromatic N) is 2. The first-order chi connectivity index (χ1) is 12.6. The van der Waals surface area contributed by atoms with Crippen molar-refractivity contribution in [1.82, 2.24) is 9.97 Å². The number of ether oxygens (including phenoxy) is 1. The molecule has 1 aromatic heterocycles. The molecule has 0 aliphatic rings. The molecule has 0 bridgehead atoms. The zero-order valence-electron chi connectivity index (χ0n) is 14.8. The maximum absolute atomic E-state index is 11.4. The van der Waals surface area contributed by atoms with Crippen LogP contribution in [0.15, 0.2) is 65.8 Å².